The molecule has 1 heterocycles. The summed E-state index contributed by atoms with van der Waals surface area (Å²) in [6.45, 7) is 0. The minimum atomic E-state index is 1.13. The van der Waals surface area contributed by atoms with Crippen LogP contribution in [0.25, 0.3) is 16.3 Å². The zero-order valence-corrected chi connectivity index (χ0v) is 10.1. The lowest BCUT2D eigenvalue weighted by atomic mass is 9.99. The van der Waals surface area contributed by atoms with Gasteiger partial charge in [-0.2, -0.15) is 0 Å². The SMILES string of the molecule is Brc1cccc2cccc(C3=CC=[N+]=C3)c12. The van der Waals surface area contributed by atoms with Crippen molar-refractivity contribution in [3.8, 4) is 0 Å². The third kappa shape index (κ3) is 1.44. The summed E-state index contributed by atoms with van der Waals surface area (Å²) in [5.41, 5.74) is 2.39. The zero-order chi connectivity index (χ0) is 11.0. The first-order valence-electron chi connectivity index (χ1n) is 5.10. The number of nitrogens with zero attached hydrogens (tertiary/aromatic N) is 1. The van der Waals surface area contributed by atoms with E-state index in [9.17, 15) is 0 Å². The van der Waals surface area contributed by atoms with Crippen molar-refractivity contribution < 1.29 is 0 Å². The summed E-state index contributed by atoms with van der Waals surface area (Å²) in [4.78, 5) is 0. The largest absolute Gasteiger partial charge is 0.300 e. The number of halogens is 1. The molecule has 0 saturated heterocycles. The summed E-state index contributed by atoms with van der Waals surface area (Å²) in [7, 11) is 0. The first-order chi connectivity index (χ1) is 7.86. The molecule has 2 aromatic carbocycles. The molecule has 1 aliphatic heterocycles. The van der Waals surface area contributed by atoms with Gasteiger partial charge in [0.15, 0.2) is 0 Å². The third-order valence-electron chi connectivity index (χ3n) is 2.72. The van der Waals surface area contributed by atoms with Crippen LogP contribution in [0.2, 0.25) is 0 Å². The molecular formula is C14H9BrN+. The lowest BCUT2D eigenvalue weighted by Gasteiger charge is -2.05. The van der Waals surface area contributed by atoms with Crippen LogP contribution in [0.3, 0.4) is 0 Å². The van der Waals surface area contributed by atoms with E-state index in [2.05, 4.69) is 57.0 Å². The van der Waals surface area contributed by atoms with E-state index in [0.717, 1.165) is 10.0 Å². The maximum atomic E-state index is 4.12. The van der Waals surface area contributed by atoms with Crippen LogP contribution in [0.1, 0.15) is 5.56 Å². The molecule has 0 unspecified atom stereocenters. The Kier molecular flexibility index (Phi) is 2.24. The average Bonchev–Trinajstić information content (AvgIpc) is 2.82. The molecule has 0 spiro atoms. The first kappa shape index (κ1) is 9.59. The van der Waals surface area contributed by atoms with Crippen molar-refractivity contribution in [1.82, 2.24) is 4.67 Å². The van der Waals surface area contributed by atoms with Crippen molar-refractivity contribution in [1.29, 1.82) is 0 Å². The van der Waals surface area contributed by atoms with Gasteiger partial charge in [0, 0.05) is 15.9 Å². The number of fused-ring (bicyclic) bond motifs is 1. The highest BCUT2D eigenvalue weighted by atomic mass is 79.9. The van der Waals surface area contributed by atoms with Crippen molar-refractivity contribution in [3.63, 3.8) is 0 Å². The Hall–Kier alpha value is -1.63. The van der Waals surface area contributed by atoms with E-state index in [4.69, 9.17) is 0 Å². The van der Waals surface area contributed by atoms with Crippen LogP contribution in [-0.2, 0) is 0 Å². The number of allylic oxidation sites excluding steroid dienone is 2. The lowest BCUT2D eigenvalue weighted by molar-refractivity contribution is 1.67. The van der Waals surface area contributed by atoms with Crippen molar-refractivity contribution in [2.75, 3.05) is 0 Å². The number of benzene rings is 2. The molecule has 0 atom stereocenters. The summed E-state index contributed by atoms with van der Waals surface area (Å²) in [5, 5.41) is 2.49. The normalized spacial score (nSPS) is 13.4. The molecule has 0 saturated carbocycles. The number of hydrogen-bond acceptors (Lipinski definition) is 0. The van der Waals surface area contributed by atoms with Gasteiger partial charge in [-0.3, -0.25) is 0 Å². The molecule has 16 heavy (non-hydrogen) atoms. The van der Waals surface area contributed by atoms with Crippen LogP contribution < -0.4 is 4.67 Å². The Morgan fingerprint density at radius 2 is 1.81 bits per heavy atom. The molecule has 0 N–H and O–H groups in total. The van der Waals surface area contributed by atoms with Gasteiger partial charge < -0.3 is 0 Å². The van der Waals surface area contributed by atoms with Crippen molar-refractivity contribution in [2.45, 2.75) is 0 Å². The van der Waals surface area contributed by atoms with Crippen molar-refractivity contribution in [2.24, 2.45) is 0 Å². The minimum Gasteiger partial charge on any atom is -0.100 e. The van der Waals surface area contributed by atoms with Crippen LogP contribution in [0.4, 0.5) is 0 Å². The topological polar surface area (TPSA) is 14.1 Å². The lowest BCUT2D eigenvalue weighted by Crippen LogP contribution is -1.87. The van der Waals surface area contributed by atoms with E-state index >= 15 is 0 Å². The predicted molar refractivity (Wildman–Crippen MR) is 73.9 cm³/mol. The number of rotatable bonds is 1. The van der Waals surface area contributed by atoms with Gasteiger partial charge in [-0.05, 0) is 17.0 Å². The summed E-state index contributed by atoms with van der Waals surface area (Å²) in [6.07, 6.45) is 5.76. The van der Waals surface area contributed by atoms with Gasteiger partial charge in [0.2, 0.25) is 0 Å². The molecule has 0 fully saturated rings. The van der Waals surface area contributed by atoms with Gasteiger partial charge in [0.25, 0.3) is 12.4 Å². The van der Waals surface area contributed by atoms with Gasteiger partial charge >= 0.3 is 0 Å². The third-order valence-corrected chi connectivity index (χ3v) is 3.38. The van der Waals surface area contributed by atoms with Crippen molar-refractivity contribution >= 4 is 44.7 Å². The van der Waals surface area contributed by atoms with Gasteiger partial charge in [0.1, 0.15) is 0 Å². The highest BCUT2D eigenvalue weighted by Crippen LogP contribution is 2.30. The van der Waals surface area contributed by atoms with Gasteiger partial charge in [-0.1, -0.05) is 46.3 Å². The second-order valence-electron chi connectivity index (χ2n) is 3.69. The molecule has 3 rings (SSSR count). The molecule has 1 aliphatic rings. The Morgan fingerprint density at radius 1 is 1.00 bits per heavy atom. The van der Waals surface area contributed by atoms with E-state index in [1.165, 1.54) is 16.3 Å². The van der Waals surface area contributed by atoms with E-state index in [-0.39, 0.29) is 0 Å². The summed E-state index contributed by atoms with van der Waals surface area (Å²) < 4.78 is 5.25. The highest BCUT2D eigenvalue weighted by Gasteiger charge is 2.12. The molecule has 76 valence electrons. The van der Waals surface area contributed by atoms with Gasteiger partial charge in [-0.25, -0.2) is 0 Å². The van der Waals surface area contributed by atoms with Gasteiger partial charge in [-0.15, -0.1) is 4.67 Å². The molecule has 0 radical (unpaired) electrons. The summed E-state index contributed by atoms with van der Waals surface area (Å²) in [5.74, 6) is 0. The Labute approximate surface area is 102 Å². The summed E-state index contributed by atoms with van der Waals surface area (Å²) >= 11 is 3.61. The standard InChI is InChI=1S/C14H9BrN/c15-13-6-2-4-10-3-1-5-12(14(10)13)11-7-8-16-9-11/h1-9H/q+1. The quantitative estimate of drug-likeness (QED) is 0.707. The fourth-order valence-electron chi connectivity index (χ4n) is 1.98. The van der Waals surface area contributed by atoms with Crippen LogP contribution in [0, 0.1) is 0 Å². The zero-order valence-electron chi connectivity index (χ0n) is 8.52. The van der Waals surface area contributed by atoms with Crippen LogP contribution in [0.15, 0.2) is 46.9 Å². The molecule has 2 aromatic rings. The average molecular weight is 271 g/mol. The van der Waals surface area contributed by atoms with Crippen LogP contribution in [0.5, 0.6) is 0 Å². The monoisotopic (exact) mass is 270 g/mol. The molecule has 1 nitrogen and oxygen atoms in total. The highest BCUT2D eigenvalue weighted by molar-refractivity contribution is 9.10. The van der Waals surface area contributed by atoms with E-state index in [1.807, 2.05) is 18.5 Å². The van der Waals surface area contributed by atoms with Gasteiger partial charge in [0.05, 0.1) is 5.57 Å². The smallest absolute Gasteiger partial charge is 0.100 e. The van der Waals surface area contributed by atoms with Crippen molar-refractivity contribution in [3.05, 3.63) is 52.5 Å². The Balaban J connectivity index is 2.37. The Bertz CT molecular complexity index is 656. The fraction of sp³-hybridized carbons (Fsp3) is 0. The molecular weight excluding hydrogens is 262 g/mol. The molecule has 0 aromatic heterocycles. The molecule has 0 aliphatic carbocycles. The molecule has 2 heteroatoms. The minimum absolute atomic E-state index is 1.13. The molecule has 0 bridgehead atoms. The molecule has 0 amide bonds. The van der Waals surface area contributed by atoms with Crippen LogP contribution >= 0.6 is 15.9 Å². The second kappa shape index (κ2) is 3.75. The summed E-state index contributed by atoms with van der Waals surface area (Å²) in [6, 6.07) is 12.6. The van der Waals surface area contributed by atoms with Crippen LogP contribution in [-0.4, -0.2) is 12.4 Å². The predicted octanol–water partition coefficient (Wildman–Crippen LogP) is 3.21. The van der Waals surface area contributed by atoms with E-state index < -0.39 is 0 Å². The number of hydrogen-bond donors (Lipinski definition) is 0. The maximum absolute atomic E-state index is 4.12. The van der Waals surface area contributed by atoms with E-state index in [1.54, 1.807) is 0 Å². The first-order valence-corrected chi connectivity index (χ1v) is 5.90. The maximum Gasteiger partial charge on any atom is 0.300 e. The Morgan fingerprint density at radius 3 is 2.56 bits per heavy atom. The second-order valence-corrected chi connectivity index (χ2v) is 4.55. The van der Waals surface area contributed by atoms with E-state index in [0.29, 0.717) is 0 Å². The fourth-order valence-corrected chi connectivity index (χ4v) is 2.58.